The van der Waals surface area contributed by atoms with Gasteiger partial charge in [-0.2, -0.15) is 0 Å². The minimum Gasteiger partial charge on any atom is -0.458 e. The van der Waals surface area contributed by atoms with Crippen molar-refractivity contribution in [2.24, 2.45) is 5.41 Å². The van der Waals surface area contributed by atoms with E-state index in [9.17, 15) is 0 Å². The second-order valence-electron chi connectivity index (χ2n) is 9.85. The van der Waals surface area contributed by atoms with Gasteiger partial charge in [-0.1, -0.05) is 57.2 Å². The molecule has 0 unspecified atom stereocenters. The van der Waals surface area contributed by atoms with E-state index in [-0.39, 0.29) is 12.1 Å². The van der Waals surface area contributed by atoms with Crippen LogP contribution in [-0.2, 0) is 6.42 Å². The van der Waals surface area contributed by atoms with E-state index in [0.29, 0.717) is 0 Å². The molecular formula is C28H24BNO2. The standard InChI is InChI=1S/C28H24BNO2/c1-28(2,3)17-18-14-15-30-22(16-18)19-12-13-25-26-27(19)32-24-11-7-5-9-21(24)29(26)20-8-4-6-10-23(20)31-25/h4-16H,17H2,1-3H3. The minimum absolute atomic E-state index is 0.0765. The van der Waals surface area contributed by atoms with Gasteiger partial charge >= 0.3 is 0 Å². The zero-order valence-corrected chi connectivity index (χ0v) is 18.6. The van der Waals surface area contributed by atoms with Gasteiger partial charge in [0.25, 0.3) is 6.71 Å². The monoisotopic (exact) mass is 417 g/mol. The van der Waals surface area contributed by atoms with Gasteiger partial charge in [0.1, 0.15) is 23.0 Å². The second kappa shape index (κ2) is 6.99. The average Bonchev–Trinajstić information content (AvgIpc) is 2.78. The van der Waals surface area contributed by atoms with Crippen molar-refractivity contribution < 1.29 is 9.47 Å². The molecule has 0 saturated carbocycles. The van der Waals surface area contributed by atoms with Gasteiger partial charge in [0.2, 0.25) is 0 Å². The van der Waals surface area contributed by atoms with Crippen LogP contribution < -0.4 is 25.9 Å². The van der Waals surface area contributed by atoms with Crippen LogP contribution in [0.15, 0.2) is 79.0 Å². The molecule has 6 rings (SSSR count). The maximum absolute atomic E-state index is 6.55. The molecule has 0 spiro atoms. The van der Waals surface area contributed by atoms with E-state index in [1.165, 1.54) is 16.5 Å². The zero-order chi connectivity index (χ0) is 21.9. The summed E-state index contributed by atoms with van der Waals surface area (Å²) in [6.45, 7) is 6.85. The largest absolute Gasteiger partial charge is 0.458 e. The van der Waals surface area contributed by atoms with Crippen molar-refractivity contribution in [2.45, 2.75) is 27.2 Å². The van der Waals surface area contributed by atoms with Crippen LogP contribution in [0.5, 0.6) is 23.0 Å². The molecule has 156 valence electrons. The van der Waals surface area contributed by atoms with Crippen molar-refractivity contribution in [3.05, 3.63) is 84.6 Å². The molecule has 0 bridgehead atoms. The van der Waals surface area contributed by atoms with Gasteiger partial charge in [0.05, 0.1) is 5.69 Å². The number of benzene rings is 3. The molecule has 0 fully saturated rings. The smallest absolute Gasteiger partial charge is 0.260 e. The van der Waals surface area contributed by atoms with Crippen molar-refractivity contribution in [2.75, 3.05) is 0 Å². The highest BCUT2D eigenvalue weighted by Crippen LogP contribution is 2.40. The molecule has 0 saturated heterocycles. The number of nitrogens with zero attached hydrogens (tertiary/aromatic N) is 1. The highest BCUT2D eigenvalue weighted by molar-refractivity contribution is 6.98. The van der Waals surface area contributed by atoms with Crippen LogP contribution in [0.4, 0.5) is 0 Å². The molecule has 32 heavy (non-hydrogen) atoms. The van der Waals surface area contributed by atoms with E-state index in [2.05, 4.69) is 75.4 Å². The molecule has 0 atom stereocenters. The number of ether oxygens (including phenoxy) is 2. The lowest BCUT2D eigenvalue weighted by Gasteiger charge is -2.33. The van der Waals surface area contributed by atoms with Crippen LogP contribution >= 0.6 is 0 Å². The first-order valence-electron chi connectivity index (χ1n) is 11.1. The lowest BCUT2D eigenvalue weighted by molar-refractivity contribution is 0.411. The molecule has 3 heterocycles. The third-order valence-electron chi connectivity index (χ3n) is 6.17. The van der Waals surface area contributed by atoms with E-state index >= 15 is 0 Å². The Labute approximate surface area is 189 Å². The van der Waals surface area contributed by atoms with E-state index in [4.69, 9.17) is 14.5 Å². The fraction of sp³-hybridized carbons (Fsp3) is 0.179. The number of fused-ring (bicyclic) bond motifs is 4. The summed E-state index contributed by atoms with van der Waals surface area (Å²) >= 11 is 0. The van der Waals surface area contributed by atoms with Crippen LogP contribution in [-0.4, -0.2) is 11.7 Å². The second-order valence-corrected chi connectivity index (χ2v) is 9.85. The Morgan fingerprint density at radius 2 is 1.47 bits per heavy atom. The van der Waals surface area contributed by atoms with Crippen molar-refractivity contribution in [1.82, 2.24) is 4.98 Å². The highest BCUT2D eigenvalue weighted by Gasteiger charge is 2.40. The summed E-state index contributed by atoms with van der Waals surface area (Å²) in [5, 5.41) is 0. The topological polar surface area (TPSA) is 31.4 Å². The van der Waals surface area contributed by atoms with Crippen LogP contribution in [0.2, 0.25) is 0 Å². The minimum atomic E-state index is 0.0765. The van der Waals surface area contributed by atoms with Crippen molar-refractivity contribution >= 4 is 23.1 Å². The number of pyridine rings is 1. The number of para-hydroxylation sites is 2. The van der Waals surface area contributed by atoms with E-state index < -0.39 is 0 Å². The van der Waals surface area contributed by atoms with Gasteiger partial charge in [-0.3, -0.25) is 4.98 Å². The Morgan fingerprint density at radius 3 is 2.19 bits per heavy atom. The van der Waals surface area contributed by atoms with Crippen LogP contribution in [0.25, 0.3) is 11.3 Å². The predicted octanol–water partition coefficient (Wildman–Crippen LogP) is 5.06. The number of rotatable bonds is 2. The van der Waals surface area contributed by atoms with Gasteiger partial charge in [-0.05, 0) is 64.7 Å². The Morgan fingerprint density at radius 1 is 0.781 bits per heavy atom. The number of hydrogen-bond acceptors (Lipinski definition) is 3. The Bertz CT molecular complexity index is 1340. The van der Waals surface area contributed by atoms with Gasteiger partial charge < -0.3 is 9.47 Å². The molecule has 0 N–H and O–H groups in total. The van der Waals surface area contributed by atoms with E-state index in [1.807, 2.05) is 24.4 Å². The number of hydrogen-bond donors (Lipinski definition) is 0. The molecule has 0 amide bonds. The van der Waals surface area contributed by atoms with Gasteiger partial charge in [-0.15, -0.1) is 0 Å². The first kappa shape index (κ1) is 19.2. The average molecular weight is 417 g/mol. The lowest BCUT2D eigenvalue weighted by atomic mass is 9.34. The molecule has 0 radical (unpaired) electrons. The number of aromatic nitrogens is 1. The third-order valence-corrected chi connectivity index (χ3v) is 6.17. The van der Waals surface area contributed by atoms with Crippen molar-refractivity contribution in [1.29, 1.82) is 0 Å². The maximum Gasteiger partial charge on any atom is 0.260 e. The van der Waals surface area contributed by atoms with Gasteiger partial charge in [-0.25, -0.2) is 0 Å². The van der Waals surface area contributed by atoms with Crippen LogP contribution in [0.3, 0.4) is 0 Å². The SMILES string of the molecule is CC(C)(C)Cc1ccnc(-c2ccc3c4c2Oc2ccccc2B4c2ccccc2O3)c1. The lowest BCUT2D eigenvalue weighted by Crippen LogP contribution is -2.57. The molecule has 3 aromatic carbocycles. The summed E-state index contributed by atoms with van der Waals surface area (Å²) in [5.41, 5.74) is 6.85. The van der Waals surface area contributed by atoms with E-state index in [0.717, 1.165) is 46.1 Å². The fourth-order valence-corrected chi connectivity index (χ4v) is 4.93. The Kier molecular flexibility index (Phi) is 4.19. The van der Waals surface area contributed by atoms with Gasteiger partial charge in [0, 0.05) is 17.2 Å². The molecule has 3 nitrogen and oxygen atoms in total. The summed E-state index contributed by atoms with van der Waals surface area (Å²) in [6, 6.07) is 25.1. The third kappa shape index (κ3) is 3.10. The van der Waals surface area contributed by atoms with Crippen LogP contribution in [0, 0.1) is 5.41 Å². The molecule has 2 aliphatic heterocycles. The maximum atomic E-state index is 6.55. The summed E-state index contributed by atoms with van der Waals surface area (Å²) in [5.74, 6) is 3.51. The zero-order valence-electron chi connectivity index (χ0n) is 18.6. The Hall–Kier alpha value is -3.53. The molecule has 4 aromatic rings. The molecular weight excluding hydrogens is 393 g/mol. The summed E-state index contributed by atoms with van der Waals surface area (Å²) in [4.78, 5) is 4.73. The Balaban J connectivity index is 1.56. The van der Waals surface area contributed by atoms with E-state index in [1.54, 1.807) is 0 Å². The van der Waals surface area contributed by atoms with Crippen molar-refractivity contribution in [3.63, 3.8) is 0 Å². The normalized spacial score (nSPS) is 13.4. The first-order valence-corrected chi connectivity index (χ1v) is 11.1. The summed E-state index contributed by atoms with van der Waals surface area (Å²) < 4.78 is 12.9. The quantitative estimate of drug-likeness (QED) is 0.369. The summed E-state index contributed by atoms with van der Waals surface area (Å²) in [7, 11) is 0. The highest BCUT2D eigenvalue weighted by atomic mass is 16.5. The molecule has 1 aromatic heterocycles. The first-order chi connectivity index (χ1) is 15.5. The van der Waals surface area contributed by atoms with Crippen molar-refractivity contribution in [3.8, 4) is 34.3 Å². The summed E-state index contributed by atoms with van der Waals surface area (Å²) in [6.07, 6.45) is 2.90. The van der Waals surface area contributed by atoms with Gasteiger partial charge in [0.15, 0.2) is 0 Å². The predicted molar refractivity (Wildman–Crippen MR) is 131 cm³/mol. The van der Waals surface area contributed by atoms with Crippen LogP contribution in [0.1, 0.15) is 26.3 Å². The molecule has 2 aliphatic rings. The molecule has 4 heteroatoms. The fourth-order valence-electron chi connectivity index (χ4n) is 4.93. The molecule has 0 aliphatic carbocycles.